The molecule has 7 heteroatoms. The second-order valence-electron chi connectivity index (χ2n) is 6.81. The predicted octanol–water partition coefficient (Wildman–Crippen LogP) is 2.74. The van der Waals surface area contributed by atoms with Gasteiger partial charge >= 0.3 is 0 Å². The van der Waals surface area contributed by atoms with Crippen molar-refractivity contribution in [2.75, 3.05) is 13.1 Å². The molecule has 2 aromatic heterocycles. The third kappa shape index (κ3) is 2.79. The Morgan fingerprint density at radius 3 is 2.62 bits per heavy atom. The van der Waals surface area contributed by atoms with Gasteiger partial charge in [0.15, 0.2) is 0 Å². The normalized spacial score (nSPS) is 15.7. The largest absolute Gasteiger partial charge is 0.361 e. The molecule has 1 atom stereocenters. The maximum absolute atomic E-state index is 12.7. The van der Waals surface area contributed by atoms with Crippen molar-refractivity contribution in [3.63, 3.8) is 0 Å². The predicted molar refractivity (Wildman–Crippen MR) is 95.5 cm³/mol. The van der Waals surface area contributed by atoms with Gasteiger partial charge in [0.1, 0.15) is 11.5 Å². The molecule has 0 N–H and O–H groups in total. The van der Waals surface area contributed by atoms with E-state index in [4.69, 9.17) is 4.52 Å². The molecule has 3 heterocycles. The lowest BCUT2D eigenvalue weighted by Crippen LogP contribution is -2.52. The highest BCUT2D eigenvalue weighted by Gasteiger charge is 2.36. The van der Waals surface area contributed by atoms with Gasteiger partial charge in [-0.2, -0.15) is 0 Å². The standard InChI is InChI=1S/C19H21N5O2/c1-12(18-13(2)21-26-14(18)3)19(25)23-9-16(10-23)24-11-17(20-22-24)15-7-5-4-6-8-15/h4-8,11-12,16H,9-10H2,1-3H3/t12-/m0/s1. The van der Waals surface area contributed by atoms with Gasteiger partial charge in [0.2, 0.25) is 5.91 Å². The minimum Gasteiger partial charge on any atom is -0.361 e. The Bertz CT molecular complexity index is 905. The van der Waals surface area contributed by atoms with Crippen LogP contribution in [0.5, 0.6) is 0 Å². The van der Waals surface area contributed by atoms with Gasteiger partial charge in [-0.3, -0.25) is 4.79 Å². The number of amides is 1. The summed E-state index contributed by atoms with van der Waals surface area (Å²) in [7, 11) is 0. The molecule has 0 aliphatic carbocycles. The Morgan fingerprint density at radius 2 is 1.96 bits per heavy atom. The fourth-order valence-corrected chi connectivity index (χ4v) is 3.50. The molecule has 1 saturated heterocycles. The highest BCUT2D eigenvalue weighted by atomic mass is 16.5. The number of aryl methyl sites for hydroxylation is 2. The number of likely N-dealkylation sites (tertiary alicyclic amines) is 1. The van der Waals surface area contributed by atoms with E-state index in [0.717, 1.165) is 22.5 Å². The molecular formula is C19H21N5O2. The number of rotatable bonds is 4. The third-order valence-corrected chi connectivity index (χ3v) is 5.02. The number of carbonyl (C=O) groups excluding carboxylic acids is 1. The number of hydrogen-bond donors (Lipinski definition) is 0. The molecule has 0 saturated carbocycles. The van der Waals surface area contributed by atoms with Crippen molar-refractivity contribution in [2.24, 2.45) is 0 Å². The molecule has 0 bridgehead atoms. The van der Waals surface area contributed by atoms with Crippen molar-refractivity contribution in [3.8, 4) is 11.3 Å². The summed E-state index contributed by atoms with van der Waals surface area (Å²) in [6.07, 6.45) is 1.94. The zero-order valence-corrected chi connectivity index (χ0v) is 15.1. The van der Waals surface area contributed by atoms with Crippen LogP contribution < -0.4 is 0 Å². The Hall–Kier alpha value is -2.96. The summed E-state index contributed by atoms with van der Waals surface area (Å²) < 4.78 is 7.04. The molecule has 3 aromatic rings. The molecule has 4 rings (SSSR count). The van der Waals surface area contributed by atoms with Crippen molar-refractivity contribution >= 4 is 5.91 Å². The SMILES string of the molecule is Cc1noc(C)c1[C@H](C)C(=O)N1CC(n2cc(-c3ccccc3)nn2)C1. The molecule has 26 heavy (non-hydrogen) atoms. The third-order valence-electron chi connectivity index (χ3n) is 5.02. The van der Waals surface area contributed by atoms with Crippen LogP contribution in [0.4, 0.5) is 0 Å². The Kier molecular flexibility index (Phi) is 4.06. The lowest BCUT2D eigenvalue weighted by molar-refractivity contribution is -0.138. The fourth-order valence-electron chi connectivity index (χ4n) is 3.50. The van der Waals surface area contributed by atoms with Gasteiger partial charge in [-0.15, -0.1) is 5.10 Å². The minimum absolute atomic E-state index is 0.0963. The summed E-state index contributed by atoms with van der Waals surface area (Å²) in [6.45, 7) is 6.91. The average Bonchev–Trinajstić information content (AvgIpc) is 3.21. The van der Waals surface area contributed by atoms with Crippen LogP contribution in [0.2, 0.25) is 0 Å². The molecule has 134 valence electrons. The van der Waals surface area contributed by atoms with Crippen LogP contribution in [0.3, 0.4) is 0 Å². The van der Waals surface area contributed by atoms with Crippen molar-refractivity contribution in [2.45, 2.75) is 32.7 Å². The summed E-state index contributed by atoms with van der Waals surface area (Å²) >= 11 is 0. The lowest BCUT2D eigenvalue weighted by Gasteiger charge is -2.40. The minimum atomic E-state index is -0.252. The highest BCUT2D eigenvalue weighted by Crippen LogP contribution is 2.29. The van der Waals surface area contributed by atoms with Gasteiger partial charge in [0.25, 0.3) is 0 Å². The van der Waals surface area contributed by atoms with Crippen molar-refractivity contribution < 1.29 is 9.32 Å². The number of aromatic nitrogens is 4. The molecule has 1 amide bonds. The first-order valence-corrected chi connectivity index (χ1v) is 8.73. The summed E-state index contributed by atoms with van der Waals surface area (Å²) in [5.41, 5.74) is 3.56. The van der Waals surface area contributed by atoms with E-state index in [9.17, 15) is 4.79 Å². The lowest BCUT2D eigenvalue weighted by atomic mass is 9.96. The van der Waals surface area contributed by atoms with Gasteiger partial charge in [-0.05, 0) is 20.8 Å². The number of carbonyl (C=O) groups is 1. The van der Waals surface area contributed by atoms with Crippen molar-refractivity contribution in [3.05, 3.63) is 53.5 Å². The van der Waals surface area contributed by atoms with Gasteiger partial charge in [0, 0.05) is 24.2 Å². The molecule has 1 aliphatic rings. The summed E-state index contributed by atoms with van der Waals surface area (Å²) in [5.74, 6) is 0.557. The smallest absolute Gasteiger partial charge is 0.230 e. The molecule has 1 fully saturated rings. The summed E-state index contributed by atoms with van der Waals surface area (Å²) in [4.78, 5) is 14.6. The van der Waals surface area contributed by atoms with E-state index >= 15 is 0 Å². The van der Waals surface area contributed by atoms with E-state index in [1.807, 2.05) is 66.9 Å². The highest BCUT2D eigenvalue weighted by molar-refractivity contribution is 5.84. The monoisotopic (exact) mass is 351 g/mol. The quantitative estimate of drug-likeness (QED) is 0.722. The van der Waals surface area contributed by atoms with E-state index in [2.05, 4.69) is 15.5 Å². The molecule has 1 aromatic carbocycles. The van der Waals surface area contributed by atoms with Crippen LogP contribution in [0.15, 0.2) is 41.1 Å². The molecule has 0 unspecified atom stereocenters. The first-order chi connectivity index (χ1) is 12.5. The maximum Gasteiger partial charge on any atom is 0.230 e. The molecule has 1 aliphatic heterocycles. The van der Waals surface area contributed by atoms with Gasteiger partial charge < -0.3 is 9.42 Å². The van der Waals surface area contributed by atoms with Crippen molar-refractivity contribution in [1.29, 1.82) is 0 Å². The van der Waals surface area contributed by atoms with Gasteiger partial charge in [-0.25, -0.2) is 4.68 Å². The van der Waals surface area contributed by atoms with E-state index in [1.54, 1.807) is 0 Å². The van der Waals surface area contributed by atoms with Crippen LogP contribution in [-0.2, 0) is 4.79 Å². The number of hydrogen-bond acceptors (Lipinski definition) is 5. The van der Waals surface area contributed by atoms with Crippen LogP contribution in [0.1, 0.15) is 35.9 Å². The van der Waals surface area contributed by atoms with Crippen LogP contribution in [-0.4, -0.2) is 44.0 Å². The van der Waals surface area contributed by atoms with Crippen LogP contribution in [0, 0.1) is 13.8 Å². The fraction of sp³-hybridized carbons (Fsp3) is 0.368. The second kappa shape index (κ2) is 6.40. The van der Waals surface area contributed by atoms with E-state index in [0.29, 0.717) is 18.8 Å². The summed E-state index contributed by atoms with van der Waals surface area (Å²) in [6, 6.07) is 10.1. The van der Waals surface area contributed by atoms with Crippen molar-refractivity contribution in [1.82, 2.24) is 25.1 Å². The van der Waals surface area contributed by atoms with Crippen LogP contribution >= 0.6 is 0 Å². The molecular weight excluding hydrogens is 330 g/mol. The van der Waals surface area contributed by atoms with E-state index in [1.165, 1.54) is 0 Å². The Morgan fingerprint density at radius 1 is 1.23 bits per heavy atom. The summed E-state index contributed by atoms with van der Waals surface area (Å²) in [5, 5.41) is 12.4. The number of benzene rings is 1. The average molecular weight is 351 g/mol. The molecule has 0 spiro atoms. The molecule has 7 nitrogen and oxygen atoms in total. The van der Waals surface area contributed by atoms with E-state index in [-0.39, 0.29) is 17.9 Å². The first kappa shape index (κ1) is 16.5. The Labute approximate surface area is 151 Å². The maximum atomic E-state index is 12.7. The van der Waals surface area contributed by atoms with E-state index < -0.39 is 0 Å². The zero-order valence-electron chi connectivity index (χ0n) is 15.1. The first-order valence-electron chi connectivity index (χ1n) is 8.73. The number of nitrogens with zero attached hydrogens (tertiary/aromatic N) is 5. The zero-order chi connectivity index (χ0) is 18.3. The van der Waals surface area contributed by atoms with Gasteiger partial charge in [0.05, 0.1) is 23.9 Å². The van der Waals surface area contributed by atoms with Gasteiger partial charge in [-0.1, -0.05) is 40.7 Å². The Balaban J connectivity index is 1.41. The van der Waals surface area contributed by atoms with Crippen LogP contribution in [0.25, 0.3) is 11.3 Å². The topological polar surface area (TPSA) is 77.0 Å². The molecule has 0 radical (unpaired) electrons. The second-order valence-corrected chi connectivity index (χ2v) is 6.81.